The van der Waals surface area contributed by atoms with E-state index in [2.05, 4.69) is 10.5 Å². The van der Waals surface area contributed by atoms with Crippen molar-refractivity contribution in [2.75, 3.05) is 14.2 Å². The van der Waals surface area contributed by atoms with E-state index < -0.39 is 5.91 Å². The van der Waals surface area contributed by atoms with Gasteiger partial charge in [-0.25, -0.2) is 5.43 Å². The number of para-hydroxylation sites is 1. The highest BCUT2D eigenvalue weighted by Crippen LogP contribution is 2.22. The van der Waals surface area contributed by atoms with Gasteiger partial charge in [0.05, 0.1) is 26.0 Å². The molecule has 0 aliphatic carbocycles. The van der Waals surface area contributed by atoms with E-state index in [1.807, 2.05) is 0 Å². The summed E-state index contributed by atoms with van der Waals surface area (Å²) in [5, 5.41) is 13.5. The van der Waals surface area contributed by atoms with E-state index >= 15 is 0 Å². The first-order valence-electron chi connectivity index (χ1n) is 6.49. The summed E-state index contributed by atoms with van der Waals surface area (Å²) in [7, 11) is 3.10. The molecule has 2 aromatic carbocycles. The minimum Gasteiger partial charge on any atom is -0.507 e. The van der Waals surface area contributed by atoms with Gasteiger partial charge in [-0.1, -0.05) is 12.1 Å². The van der Waals surface area contributed by atoms with Crippen LogP contribution in [-0.4, -0.2) is 31.4 Å². The Balaban J connectivity index is 2.12. The van der Waals surface area contributed by atoms with E-state index in [-0.39, 0.29) is 11.3 Å². The lowest BCUT2D eigenvalue weighted by Crippen LogP contribution is -2.17. The van der Waals surface area contributed by atoms with Crippen LogP contribution in [0.2, 0.25) is 0 Å². The number of nitrogens with zero attached hydrogens (tertiary/aromatic N) is 1. The van der Waals surface area contributed by atoms with E-state index in [0.29, 0.717) is 17.1 Å². The lowest BCUT2D eigenvalue weighted by molar-refractivity contribution is 0.0952. The molecule has 0 spiro atoms. The van der Waals surface area contributed by atoms with Crippen LogP contribution in [0.25, 0.3) is 0 Å². The number of benzene rings is 2. The van der Waals surface area contributed by atoms with Gasteiger partial charge in [-0.3, -0.25) is 4.79 Å². The van der Waals surface area contributed by atoms with Crippen molar-refractivity contribution in [2.45, 2.75) is 0 Å². The van der Waals surface area contributed by atoms with Crippen molar-refractivity contribution >= 4 is 12.1 Å². The van der Waals surface area contributed by atoms with E-state index in [1.54, 1.807) is 44.6 Å². The molecule has 0 atom stereocenters. The molecule has 0 bridgehead atoms. The molecule has 0 saturated heterocycles. The van der Waals surface area contributed by atoms with Gasteiger partial charge in [-0.05, 0) is 30.3 Å². The molecule has 2 N–H and O–H groups in total. The summed E-state index contributed by atoms with van der Waals surface area (Å²) in [6, 6.07) is 11.5. The van der Waals surface area contributed by atoms with Crippen LogP contribution < -0.4 is 14.9 Å². The maximum Gasteiger partial charge on any atom is 0.275 e. The maximum atomic E-state index is 11.9. The van der Waals surface area contributed by atoms with E-state index in [4.69, 9.17) is 9.47 Å². The Bertz CT molecular complexity index is 698. The Morgan fingerprint density at radius 2 is 1.95 bits per heavy atom. The zero-order valence-corrected chi connectivity index (χ0v) is 12.2. The number of phenols is 1. The highest BCUT2D eigenvalue weighted by atomic mass is 16.5. The van der Waals surface area contributed by atoms with Crippen molar-refractivity contribution in [1.82, 2.24) is 5.43 Å². The van der Waals surface area contributed by atoms with Gasteiger partial charge in [0.1, 0.15) is 17.2 Å². The Morgan fingerprint density at radius 1 is 1.18 bits per heavy atom. The van der Waals surface area contributed by atoms with Gasteiger partial charge < -0.3 is 14.6 Å². The molecule has 22 heavy (non-hydrogen) atoms. The number of carbonyl (C=O) groups is 1. The number of nitrogens with one attached hydrogen (secondary N) is 1. The van der Waals surface area contributed by atoms with E-state index in [1.165, 1.54) is 18.3 Å². The molecule has 114 valence electrons. The van der Waals surface area contributed by atoms with Crippen LogP contribution in [0.4, 0.5) is 0 Å². The topological polar surface area (TPSA) is 80.2 Å². The molecule has 0 saturated carbocycles. The summed E-state index contributed by atoms with van der Waals surface area (Å²) in [5.41, 5.74) is 3.15. The second-order valence-electron chi connectivity index (χ2n) is 4.32. The molecule has 0 fully saturated rings. The Kier molecular flexibility index (Phi) is 4.98. The van der Waals surface area contributed by atoms with E-state index in [9.17, 15) is 9.90 Å². The minimum absolute atomic E-state index is 0.103. The smallest absolute Gasteiger partial charge is 0.275 e. The summed E-state index contributed by atoms with van der Waals surface area (Å²) in [6.45, 7) is 0. The van der Waals surface area contributed by atoms with Gasteiger partial charge in [0.15, 0.2) is 0 Å². The molecule has 6 nitrogen and oxygen atoms in total. The van der Waals surface area contributed by atoms with E-state index in [0.717, 1.165) is 0 Å². The molecular weight excluding hydrogens is 284 g/mol. The predicted octanol–water partition coefficient (Wildman–Crippen LogP) is 2.17. The van der Waals surface area contributed by atoms with Crippen molar-refractivity contribution in [3.63, 3.8) is 0 Å². The van der Waals surface area contributed by atoms with Crippen LogP contribution in [0.15, 0.2) is 47.6 Å². The van der Waals surface area contributed by atoms with Gasteiger partial charge in [0, 0.05) is 5.56 Å². The predicted molar refractivity (Wildman–Crippen MR) is 82.7 cm³/mol. The zero-order chi connectivity index (χ0) is 15.9. The minimum atomic E-state index is -0.504. The summed E-state index contributed by atoms with van der Waals surface area (Å²) >= 11 is 0. The number of rotatable bonds is 5. The molecule has 0 unspecified atom stereocenters. The number of ether oxygens (including phenoxy) is 2. The molecular formula is C16H16N2O4. The van der Waals surface area contributed by atoms with Gasteiger partial charge >= 0.3 is 0 Å². The Labute approximate surface area is 128 Å². The second kappa shape index (κ2) is 7.12. The van der Waals surface area contributed by atoms with Gasteiger partial charge in [0.2, 0.25) is 0 Å². The Morgan fingerprint density at radius 3 is 2.64 bits per heavy atom. The molecule has 0 aliphatic heterocycles. The first kappa shape index (κ1) is 15.4. The molecule has 0 aliphatic rings. The highest BCUT2D eigenvalue weighted by molar-refractivity contribution is 5.97. The van der Waals surface area contributed by atoms with Crippen LogP contribution in [0.1, 0.15) is 15.9 Å². The maximum absolute atomic E-state index is 11.9. The molecule has 6 heteroatoms. The Hall–Kier alpha value is -3.02. The standard InChI is InChI=1S/C16H16N2O4/c1-21-12-7-8-15(22-2)11(9-12)10-17-18-16(20)13-5-3-4-6-14(13)19/h3-10,19H,1-2H3,(H,18,20). The second-order valence-corrected chi connectivity index (χ2v) is 4.32. The van der Waals surface area contributed by atoms with Crippen LogP contribution in [0.5, 0.6) is 17.2 Å². The molecule has 2 aromatic rings. The van der Waals surface area contributed by atoms with Gasteiger partial charge in [0.25, 0.3) is 5.91 Å². The quantitative estimate of drug-likeness (QED) is 0.655. The number of carbonyl (C=O) groups excluding carboxylic acids is 1. The summed E-state index contributed by atoms with van der Waals surface area (Å²) in [6.07, 6.45) is 1.44. The number of methoxy groups -OCH3 is 2. The third kappa shape index (κ3) is 3.54. The summed E-state index contributed by atoms with van der Waals surface area (Å²) < 4.78 is 10.3. The number of hydrogen-bond donors (Lipinski definition) is 2. The first-order valence-corrected chi connectivity index (χ1v) is 6.49. The molecule has 0 heterocycles. The van der Waals surface area contributed by atoms with Crippen LogP contribution in [-0.2, 0) is 0 Å². The van der Waals surface area contributed by atoms with Crippen molar-refractivity contribution in [3.05, 3.63) is 53.6 Å². The average molecular weight is 300 g/mol. The van der Waals surface area contributed by atoms with Crippen molar-refractivity contribution in [1.29, 1.82) is 0 Å². The number of amides is 1. The van der Waals surface area contributed by atoms with Crippen molar-refractivity contribution in [3.8, 4) is 17.2 Å². The average Bonchev–Trinajstić information content (AvgIpc) is 2.55. The van der Waals surface area contributed by atoms with Crippen molar-refractivity contribution in [2.24, 2.45) is 5.10 Å². The monoisotopic (exact) mass is 300 g/mol. The fraction of sp³-hybridized carbons (Fsp3) is 0.125. The van der Waals surface area contributed by atoms with Crippen LogP contribution in [0.3, 0.4) is 0 Å². The number of hydrogen-bond acceptors (Lipinski definition) is 5. The first-order chi connectivity index (χ1) is 10.7. The number of hydrazone groups is 1. The lowest BCUT2D eigenvalue weighted by Gasteiger charge is -2.07. The highest BCUT2D eigenvalue weighted by Gasteiger charge is 2.09. The number of phenolic OH excluding ortho intramolecular Hbond substituents is 1. The summed E-state index contributed by atoms with van der Waals surface area (Å²) in [5.74, 6) is 0.640. The zero-order valence-electron chi connectivity index (χ0n) is 12.2. The van der Waals surface area contributed by atoms with Gasteiger partial charge in [-0.15, -0.1) is 0 Å². The fourth-order valence-corrected chi connectivity index (χ4v) is 1.83. The van der Waals surface area contributed by atoms with Crippen LogP contribution in [0, 0.1) is 0 Å². The molecule has 0 aromatic heterocycles. The third-order valence-corrected chi connectivity index (χ3v) is 2.96. The molecule has 0 radical (unpaired) electrons. The van der Waals surface area contributed by atoms with Gasteiger partial charge in [-0.2, -0.15) is 5.10 Å². The fourth-order valence-electron chi connectivity index (χ4n) is 1.83. The van der Waals surface area contributed by atoms with Crippen LogP contribution >= 0.6 is 0 Å². The lowest BCUT2D eigenvalue weighted by atomic mass is 10.2. The summed E-state index contributed by atoms with van der Waals surface area (Å²) in [4.78, 5) is 11.9. The third-order valence-electron chi connectivity index (χ3n) is 2.96. The SMILES string of the molecule is COc1ccc(OC)c(C=NNC(=O)c2ccccc2O)c1. The number of aromatic hydroxyl groups is 1. The normalized spacial score (nSPS) is 10.5. The molecule has 2 rings (SSSR count). The molecule has 1 amide bonds. The largest absolute Gasteiger partial charge is 0.507 e. The van der Waals surface area contributed by atoms with Crippen molar-refractivity contribution < 1.29 is 19.4 Å².